The summed E-state index contributed by atoms with van der Waals surface area (Å²) < 4.78 is 56.3. The molecular formula is C42H62Cl2N10O11S2. The number of anilines is 2. The third-order valence-corrected chi connectivity index (χ3v) is 12.4. The van der Waals surface area contributed by atoms with Crippen molar-refractivity contribution in [1.82, 2.24) is 39.2 Å². The molecule has 0 aliphatic carbocycles. The first-order valence-corrected chi connectivity index (χ1v) is 24.5. The highest BCUT2D eigenvalue weighted by Gasteiger charge is 2.28. The van der Waals surface area contributed by atoms with Gasteiger partial charge in [0.05, 0.1) is 13.2 Å². The Morgan fingerprint density at radius 3 is 1.25 bits per heavy atom. The van der Waals surface area contributed by atoms with Crippen molar-refractivity contribution in [2.24, 2.45) is 14.1 Å². The molecule has 4 rings (SSSR count). The second-order valence-electron chi connectivity index (χ2n) is 16.2. The van der Waals surface area contributed by atoms with E-state index in [1.165, 1.54) is 26.0 Å². The molecule has 0 spiro atoms. The largest absolute Gasteiger partial charge is 0.477 e. The van der Waals surface area contributed by atoms with Crippen LogP contribution >= 0.6 is 23.2 Å². The molecule has 2 aromatic heterocycles. The number of halogens is 2. The highest BCUT2D eigenvalue weighted by molar-refractivity contribution is 7.90. The summed E-state index contributed by atoms with van der Waals surface area (Å²) in [5.41, 5.74) is 3.73. The molecule has 4 aromatic rings. The number of nitrogens with one attached hydrogen (secondary N) is 5. The number of hydrogen-bond acceptors (Lipinski definition) is 13. The van der Waals surface area contributed by atoms with E-state index in [-0.39, 0.29) is 54.8 Å². The molecule has 372 valence electrons. The van der Waals surface area contributed by atoms with Crippen LogP contribution in [0.15, 0.2) is 46.5 Å². The molecular weight excluding hydrogens is 956 g/mol. The van der Waals surface area contributed by atoms with Crippen LogP contribution in [0.1, 0.15) is 122 Å². The Morgan fingerprint density at radius 1 is 0.642 bits per heavy atom. The summed E-state index contributed by atoms with van der Waals surface area (Å²) in [6.07, 6.45) is 0. The third kappa shape index (κ3) is 16.2. The summed E-state index contributed by atoms with van der Waals surface area (Å²) in [6.45, 7) is 16.2. The molecule has 25 heteroatoms. The van der Waals surface area contributed by atoms with Gasteiger partial charge in [-0.2, -0.15) is 27.0 Å². The number of aliphatic hydroxyl groups excluding tert-OH is 2. The quantitative estimate of drug-likeness (QED) is 0.0676. The molecule has 0 saturated heterocycles. The van der Waals surface area contributed by atoms with E-state index >= 15 is 0 Å². The molecule has 5 amide bonds. The fraction of sp³-hybridized carbons (Fsp3) is 0.476. The Kier molecular flexibility index (Phi) is 21.7. The van der Waals surface area contributed by atoms with E-state index in [0.29, 0.717) is 28.0 Å². The maximum atomic E-state index is 12.8. The minimum atomic E-state index is -4.37. The second kappa shape index (κ2) is 25.2. The summed E-state index contributed by atoms with van der Waals surface area (Å²) in [5.74, 6) is -1.77. The number of hydrogen-bond donors (Lipinski definition) is 8. The van der Waals surface area contributed by atoms with Gasteiger partial charge in [-0.25, -0.2) is 23.8 Å². The monoisotopic (exact) mass is 1020 g/mol. The number of carboxylic acid groups (broad SMARTS) is 1. The number of carbonyl (C=O) groups is 4. The molecule has 0 atom stereocenters. The molecule has 21 nitrogen and oxygen atoms in total. The van der Waals surface area contributed by atoms with E-state index in [1.807, 2.05) is 64.8 Å². The highest BCUT2D eigenvalue weighted by atomic mass is 35.5. The standard InChI is InChI=1S/C21H30ClN5O5S.C18H23ClN4O5S.C3H9NO/c1-12(2)15-9-14(22)10-16(13(3)4)19(15)23-21(30)25-33(31,32)18-11-17(27(6)24-18)20(29)26(5)7-8-28;1-9(2)12-6-11(19)7-13(10(3)4)16(12)20-18(26)22-29(27,28)15-8-14(17(24)25)23(5)21-15;1-4-2-3-5/h9-13,28H,7-8H2,1-6H3,(H2,23,25,30);6-10H,1-5H3,(H,24,25)(H2,20,22,26);4-5H,2-3H2,1H3. The first kappa shape index (κ1) is 57.8. The zero-order valence-electron chi connectivity index (χ0n) is 39.5. The predicted octanol–water partition coefficient (Wildman–Crippen LogP) is 5.62. The first-order valence-electron chi connectivity index (χ1n) is 20.8. The number of sulfonamides is 2. The van der Waals surface area contributed by atoms with Crippen LogP contribution in [0.2, 0.25) is 10.0 Å². The van der Waals surface area contributed by atoms with Gasteiger partial charge in [0.25, 0.3) is 26.0 Å². The first-order chi connectivity index (χ1) is 31.0. The molecule has 0 unspecified atom stereocenters. The van der Waals surface area contributed by atoms with Crippen molar-refractivity contribution >= 4 is 78.6 Å². The average Bonchev–Trinajstić information content (AvgIpc) is 3.82. The second-order valence-corrected chi connectivity index (χ2v) is 20.4. The molecule has 0 aliphatic rings. The van der Waals surface area contributed by atoms with Crippen molar-refractivity contribution in [1.29, 1.82) is 0 Å². The van der Waals surface area contributed by atoms with Gasteiger partial charge in [0.15, 0.2) is 10.1 Å². The normalized spacial score (nSPS) is 11.5. The molecule has 0 saturated carbocycles. The van der Waals surface area contributed by atoms with Crippen molar-refractivity contribution in [2.75, 3.05) is 51.0 Å². The van der Waals surface area contributed by atoms with Gasteiger partial charge in [-0.15, -0.1) is 0 Å². The minimum Gasteiger partial charge on any atom is -0.477 e. The van der Waals surface area contributed by atoms with Crippen LogP contribution in [0.5, 0.6) is 0 Å². The molecule has 0 radical (unpaired) electrons. The number of nitrogens with zero attached hydrogens (tertiary/aromatic N) is 5. The summed E-state index contributed by atoms with van der Waals surface area (Å²) in [5, 5.41) is 41.6. The number of carbonyl (C=O) groups excluding carboxylic acids is 3. The van der Waals surface area contributed by atoms with Crippen molar-refractivity contribution in [2.45, 2.75) is 89.1 Å². The van der Waals surface area contributed by atoms with E-state index in [0.717, 1.165) is 43.8 Å². The zero-order chi connectivity index (χ0) is 51.3. The number of aliphatic hydroxyl groups is 2. The Hall–Kier alpha value is -5.30. The van der Waals surface area contributed by atoms with Crippen LogP contribution in [-0.4, -0.2) is 121 Å². The number of urea groups is 2. The van der Waals surface area contributed by atoms with Crippen molar-refractivity contribution in [3.8, 4) is 0 Å². The van der Waals surface area contributed by atoms with E-state index in [9.17, 15) is 36.0 Å². The summed E-state index contributed by atoms with van der Waals surface area (Å²) >= 11 is 12.4. The van der Waals surface area contributed by atoms with Crippen molar-refractivity contribution in [3.05, 3.63) is 80.1 Å². The van der Waals surface area contributed by atoms with Crippen LogP contribution in [-0.2, 0) is 34.1 Å². The maximum Gasteiger partial charge on any atom is 0.354 e. The lowest BCUT2D eigenvalue weighted by molar-refractivity contribution is 0.0684. The summed E-state index contributed by atoms with van der Waals surface area (Å²) in [6, 6.07) is 6.92. The molecule has 67 heavy (non-hydrogen) atoms. The Labute approximate surface area is 401 Å². The van der Waals surface area contributed by atoms with Gasteiger partial charge in [0.1, 0.15) is 11.4 Å². The van der Waals surface area contributed by atoms with Crippen LogP contribution in [0, 0.1) is 0 Å². The van der Waals surface area contributed by atoms with Gasteiger partial charge >= 0.3 is 18.0 Å². The molecule has 0 fully saturated rings. The topological polar surface area (TPSA) is 296 Å². The van der Waals surface area contributed by atoms with Crippen LogP contribution in [0.25, 0.3) is 0 Å². The lowest BCUT2D eigenvalue weighted by Crippen LogP contribution is -2.35. The fourth-order valence-corrected chi connectivity index (χ4v) is 8.40. The minimum absolute atomic E-state index is 0.00591. The van der Waals surface area contributed by atoms with E-state index in [4.69, 9.17) is 38.5 Å². The van der Waals surface area contributed by atoms with Gasteiger partial charge in [-0.3, -0.25) is 14.2 Å². The van der Waals surface area contributed by atoms with Crippen LogP contribution < -0.4 is 25.4 Å². The number of aromatic carboxylic acids is 1. The summed E-state index contributed by atoms with van der Waals surface area (Å²) in [4.78, 5) is 49.9. The van der Waals surface area contributed by atoms with E-state index in [1.54, 1.807) is 31.3 Å². The van der Waals surface area contributed by atoms with Crippen molar-refractivity contribution < 1.29 is 51.3 Å². The van der Waals surface area contributed by atoms with Gasteiger partial charge in [0, 0.05) is 67.8 Å². The van der Waals surface area contributed by atoms with Gasteiger partial charge in [-0.1, -0.05) is 78.6 Å². The number of rotatable bonds is 16. The van der Waals surface area contributed by atoms with Crippen molar-refractivity contribution in [3.63, 3.8) is 0 Å². The average molecular weight is 1020 g/mol. The number of amides is 5. The lowest BCUT2D eigenvalue weighted by Gasteiger charge is -2.21. The maximum absolute atomic E-state index is 12.8. The number of likely N-dealkylation sites (N-methyl/N-ethyl adjacent to an activating group) is 2. The molecule has 2 heterocycles. The lowest BCUT2D eigenvalue weighted by atomic mass is 9.92. The highest BCUT2D eigenvalue weighted by Crippen LogP contribution is 2.37. The summed E-state index contributed by atoms with van der Waals surface area (Å²) in [7, 11) is -2.76. The molecule has 2 aromatic carbocycles. The third-order valence-electron chi connectivity index (χ3n) is 9.60. The molecule has 0 bridgehead atoms. The number of carboxylic acids is 1. The van der Waals surface area contributed by atoms with E-state index < -0.39 is 54.0 Å². The molecule has 8 N–H and O–H groups in total. The van der Waals surface area contributed by atoms with Crippen LogP contribution in [0.4, 0.5) is 21.0 Å². The smallest absolute Gasteiger partial charge is 0.354 e. The SMILES string of the molecule is CC(C)c1cc(Cl)cc(C(C)C)c1NC(=O)NS(=O)(=O)c1cc(C(=O)N(C)CCO)n(C)n1.CC(C)c1cc(Cl)cc(C(C)C)c1NC(=O)NS(=O)(=O)c1cc(C(=O)O)n(C)n1.CNCCO. The number of aryl methyl sites for hydroxylation is 2. The van der Waals surface area contributed by atoms with Gasteiger partial charge < -0.3 is 36.2 Å². The number of aromatic nitrogens is 4. The van der Waals surface area contributed by atoms with Gasteiger partial charge in [0.2, 0.25) is 0 Å². The Morgan fingerprint density at radius 2 is 0.985 bits per heavy atom. The Bertz CT molecular complexity index is 2550. The predicted molar refractivity (Wildman–Crippen MR) is 256 cm³/mol. The number of benzene rings is 2. The van der Waals surface area contributed by atoms with Gasteiger partial charge in [-0.05, 0) is 77.2 Å². The molecule has 0 aliphatic heterocycles. The van der Waals surface area contributed by atoms with E-state index in [2.05, 4.69) is 26.1 Å². The van der Waals surface area contributed by atoms with Crippen LogP contribution in [0.3, 0.4) is 0 Å². The Balaban J connectivity index is 0.000000420. The fourth-order valence-electron chi connectivity index (χ4n) is 6.14. The zero-order valence-corrected chi connectivity index (χ0v) is 42.7.